The zero-order valence-corrected chi connectivity index (χ0v) is 15.1. The van der Waals surface area contributed by atoms with E-state index in [1.165, 1.54) is 0 Å². The van der Waals surface area contributed by atoms with Crippen LogP contribution in [0.1, 0.15) is 24.1 Å². The van der Waals surface area contributed by atoms with Crippen LogP contribution in [0.25, 0.3) is 0 Å². The smallest absolute Gasteiger partial charge is 0.119 e. The third kappa shape index (κ3) is 6.38. The molecular formula is C20H28N2O3. The zero-order chi connectivity index (χ0) is 18.2. The van der Waals surface area contributed by atoms with Crippen LogP contribution in [-0.2, 0) is 6.61 Å². The molecular weight excluding hydrogens is 316 g/mol. The summed E-state index contributed by atoms with van der Waals surface area (Å²) < 4.78 is 5.61. The number of hydrogen-bond donors (Lipinski definition) is 3. The highest BCUT2D eigenvalue weighted by Crippen LogP contribution is 2.22. The summed E-state index contributed by atoms with van der Waals surface area (Å²) in [5.41, 5.74) is 3.02. The Hall–Kier alpha value is -2.08. The molecule has 0 saturated carbocycles. The molecule has 5 nitrogen and oxygen atoms in total. The summed E-state index contributed by atoms with van der Waals surface area (Å²) in [5.74, 6) is 0.735. The highest BCUT2D eigenvalue weighted by Gasteiger charge is 2.08. The lowest BCUT2D eigenvalue weighted by Gasteiger charge is -2.18. The monoisotopic (exact) mass is 344 g/mol. The normalized spacial score (nSPS) is 13.5. The van der Waals surface area contributed by atoms with Crippen molar-refractivity contribution in [1.82, 2.24) is 4.90 Å². The molecule has 0 amide bonds. The number of nitrogens with zero attached hydrogens (tertiary/aromatic N) is 1. The van der Waals surface area contributed by atoms with E-state index in [9.17, 15) is 10.2 Å². The van der Waals surface area contributed by atoms with E-state index in [1.54, 1.807) is 0 Å². The van der Waals surface area contributed by atoms with Crippen LogP contribution in [0.4, 0.5) is 5.69 Å². The van der Waals surface area contributed by atoms with Crippen LogP contribution in [0.5, 0.6) is 5.75 Å². The third-order valence-electron chi connectivity index (χ3n) is 3.89. The molecule has 3 N–H and O–H groups in total. The molecule has 0 aliphatic heterocycles. The first kappa shape index (κ1) is 19.2. The van der Waals surface area contributed by atoms with Gasteiger partial charge >= 0.3 is 0 Å². The Kier molecular flexibility index (Phi) is 7.25. The average molecular weight is 344 g/mol. The van der Waals surface area contributed by atoms with E-state index in [1.807, 2.05) is 67.5 Å². The number of aliphatic hydroxyl groups excluding tert-OH is 2. The fraction of sp³-hybridized carbons (Fsp3) is 0.400. The van der Waals surface area contributed by atoms with Gasteiger partial charge in [0.05, 0.1) is 6.61 Å². The summed E-state index contributed by atoms with van der Waals surface area (Å²) in [4.78, 5) is 1.92. The molecule has 0 aromatic heterocycles. The minimum atomic E-state index is -0.508. The van der Waals surface area contributed by atoms with Gasteiger partial charge < -0.3 is 25.2 Å². The molecule has 136 valence electrons. The molecule has 2 rings (SSSR count). The summed E-state index contributed by atoms with van der Waals surface area (Å²) in [5, 5.41) is 22.5. The molecule has 0 fully saturated rings. The minimum absolute atomic E-state index is 0.0479. The van der Waals surface area contributed by atoms with Crippen molar-refractivity contribution in [2.75, 3.05) is 32.6 Å². The van der Waals surface area contributed by atoms with Gasteiger partial charge in [0.1, 0.15) is 18.5 Å². The number of anilines is 1. The van der Waals surface area contributed by atoms with E-state index in [4.69, 9.17) is 4.74 Å². The van der Waals surface area contributed by atoms with Crippen molar-refractivity contribution in [3.63, 3.8) is 0 Å². The molecule has 25 heavy (non-hydrogen) atoms. The molecule has 0 radical (unpaired) electrons. The van der Waals surface area contributed by atoms with Crippen molar-refractivity contribution >= 4 is 5.69 Å². The third-order valence-corrected chi connectivity index (χ3v) is 3.89. The van der Waals surface area contributed by atoms with Gasteiger partial charge in [-0.2, -0.15) is 0 Å². The Morgan fingerprint density at radius 3 is 2.48 bits per heavy atom. The SMILES string of the molecule is CC(Nc1ccc(OCC(O)CN(C)C)cc1)c1cccc(CO)c1. The van der Waals surface area contributed by atoms with E-state index in [0.717, 1.165) is 22.6 Å². The van der Waals surface area contributed by atoms with E-state index in [2.05, 4.69) is 12.2 Å². The average Bonchev–Trinajstić information content (AvgIpc) is 2.60. The molecule has 0 bridgehead atoms. The second-order valence-electron chi connectivity index (χ2n) is 6.52. The largest absolute Gasteiger partial charge is 0.491 e. The second-order valence-corrected chi connectivity index (χ2v) is 6.52. The highest BCUT2D eigenvalue weighted by molar-refractivity contribution is 5.48. The van der Waals surface area contributed by atoms with Crippen LogP contribution in [0.2, 0.25) is 0 Å². The molecule has 5 heteroatoms. The maximum Gasteiger partial charge on any atom is 0.119 e. The molecule has 0 aliphatic rings. The van der Waals surface area contributed by atoms with Crippen LogP contribution < -0.4 is 10.1 Å². The van der Waals surface area contributed by atoms with Crippen molar-refractivity contribution in [2.45, 2.75) is 25.7 Å². The van der Waals surface area contributed by atoms with E-state index in [-0.39, 0.29) is 19.3 Å². The number of aliphatic hydroxyl groups is 2. The fourth-order valence-corrected chi connectivity index (χ4v) is 2.61. The Labute approximate surface area is 149 Å². The van der Waals surface area contributed by atoms with Gasteiger partial charge in [-0.25, -0.2) is 0 Å². The molecule has 2 atom stereocenters. The minimum Gasteiger partial charge on any atom is -0.491 e. The number of likely N-dealkylation sites (N-methyl/N-ethyl adjacent to an activating group) is 1. The summed E-state index contributed by atoms with van der Waals surface area (Å²) in [7, 11) is 3.84. The van der Waals surface area contributed by atoms with Gasteiger partial charge in [-0.1, -0.05) is 24.3 Å². The van der Waals surface area contributed by atoms with Gasteiger partial charge in [0.25, 0.3) is 0 Å². The predicted molar refractivity (Wildman–Crippen MR) is 101 cm³/mol. The Balaban J connectivity index is 1.89. The van der Waals surface area contributed by atoms with Gasteiger partial charge in [-0.3, -0.25) is 0 Å². The first-order valence-corrected chi connectivity index (χ1v) is 8.50. The van der Waals surface area contributed by atoms with Gasteiger partial charge in [0.2, 0.25) is 0 Å². The number of rotatable bonds is 9. The topological polar surface area (TPSA) is 65.0 Å². The van der Waals surface area contributed by atoms with Crippen LogP contribution in [0.3, 0.4) is 0 Å². The Morgan fingerprint density at radius 2 is 1.84 bits per heavy atom. The maximum absolute atomic E-state index is 9.83. The predicted octanol–water partition coefficient (Wildman–Crippen LogP) is 2.65. The highest BCUT2D eigenvalue weighted by atomic mass is 16.5. The van der Waals surface area contributed by atoms with Crippen LogP contribution in [0.15, 0.2) is 48.5 Å². The van der Waals surface area contributed by atoms with Gasteiger partial charge in [-0.15, -0.1) is 0 Å². The maximum atomic E-state index is 9.83. The van der Waals surface area contributed by atoms with Crippen LogP contribution in [-0.4, -0.2) is 48.5 Å². The van der Waals surface area contributed by atoms with E-state index >= 15 is 0 Å². The van der Waals surface area contributed by atoms with Crippen molar-refractivity contribution in [2.24, 2.45) is 0 Å². The van der Waals surface area contributed by atoms with Gasteiger partial charge in [-0.05, 0) is 56.4 Å². The van der Waals surface area contributed by atoms with Crippen molar-refractivity contribution in [1.29, 1.82) is 0 Å². The van der Waals surface area contributed by atoms with Gasteiger partial charge in [0.15, 0.2) is 0 Å². The Bertz CT molecular complexity index is 644. The van der Waals surface area contributed by atoms with Crippen LogP contribution >= 0.6 is 0 Å². The number of benzene rings is 2. The zero-order valence-electron chi connectivity index (χ0n) is 15.1. The molecule has 2 aromatic carbocycles. The van der Waals surface area contributed by atoms with Crippen molar-refractivity contribution in [3.05, 3.63) is 59.7 Å². The lowest BCUT2D eigenvalue weighted by atomic mass is 10.1. The quantitative estimate of drug-likeness (QED) is 0.653. The molecule has 2 unspecified atom stereocenters. The molecule has 0 saturated heterocycles. The first-order valence-electron chi connectivity index (χ1n) is 8.50. The van der Waals surface area contributed by atoms with Crippen molar-refractivity contribution < 1.29 is 14.9 Å². The van der Waals surface area contributed by atoms with E-state index < -0.39 is 6.10 Å². The summed E-state index contributed by atoms with van der Waals surface area (Å²) in [6, 6.07) is 15.7. The standard InChI is InChI=1S/C20H28N2O3/c1-15(17-6-4-5-16(11-17)13-23)21-18-7-9-20(10-8-18)25-14-19(24)12-22(2)3/h4-11,15,19,21,23-24H,12-14H2,1-3H3. The van der Waals surface area contributed by atoms with Gasteiger partial charge in [0, 0.05) is 18.3 Å². The lowest BCUT2D eigenvalue weighted by Crippen LogP contribution is -2.30. The lowest BCUT2D eigenvalue weighted by molar-refractivity contribution is 0.0831. The second kappa shape index (κ2) is 9.42. The summed E-state index contributed by atoms with van der Waals surface area (Å²) in [6.07, 6.45) is -0.508. The van der Waals surface area contributed by atoms with E-state index in [0.29, 0.717) is 6.54 Å². The molecule has 0 aliphatic carbocycles. The van der Waals surface area contributed by atoms with Crippen molar-refractivity contribution in [3.8, 4) is 5.75 Å². The molecule has 2 aromatic rings. The fourth-order valence-electron chi connectivity index (χ4n) is 2.61. The number of ether oxygens (including phenoxy) is 1. The Morgan fingerprint density at radius 1 is 1.12 bits per heavy atom. The number of nitrogens with one attached hydrogen (secondary N) is 1. The first-order chi connectivity index (χ1) is 12.0. The molecule has 0 spiro atoms. The summed E-state index contributed by atoms with van der Waals surface area (Å²) >= 11 is 0. The summed E-state index contributed by atoms with van der Waals surface area (Å²) in [6.45, 7) is 2.98. The van der Waals surface area contributed by atoms with Crippen LogP contribution in [0, 0.1) is 0 Å². The number of hydrogen-bond acceptors (Lipinski definition) is 5. The molecule has 0 heterocycles.